The molecule has 8 heteroatoms. The lowest BCUT2D eigenvalue weighted by atomic mass is 9.99. The molecular formula is C9H22N2O4S2. The Morgan fingerprint density at radius 3 is 1.18 bits per heavy atom. The summed E-state index contributed by atoms with van der Waals surface area (Å²) in [5.74, 6) is 0. The topological polar surface area (TPSA) is 92.3 Å². The van der Waals surface area contributed by atoms with Crippen molar-refractivity contribution >= 4 is 20.0 Å². The fraction of sp³-hybridized carbons (Fsp3) is 1.00. The van der Waals surface area contributed by atoms with Gasteiger partial charge in [0.25, 0.3) is 0 Å². The van der Waals surface area contributed by atoms with Crippen LogP contribution in [0.3, 0.4) is 0 Å². The monoisotopic (exact) mass is 286 g/mol. The molecule has 0 aromatic carbocycles. The summed E-state index contributed by atoms with van der Waals surface area (Å²) in [6, 6.07) is 0. The van der Waals surface area contributed by atoms with Gasteiger partial charge in [-0.1, -0.05) is 0 Å². The van der Waals surface area contributed by atoms with Crippen LogP contribution in [-0.4, -0.2) is 40.4 Å². The van der Waals surface area contributed by atoms with Crippen LogP contribution < -0.4 is 9.44 Å². The zero-order chi connectivity index (χ0) is 14.1. The molecule has 0 aliphatic heterocycles. The predicted octanol–water partition coefficient (Wildman–Crippen LogP) is 0.0321. The van der Waals surface area contributed by atoms with Crippen LogP contribution in [0.1, 0.15) is 34.1 Å². The van der Waals surface area contributed by atoms with Crippen LogP contribution >= 0.6 is 0 Å². The molecule has 0 rings (SSSR count). The molecule has 0 unspecified atom stereocenters. The molecule has 0 aromatic rings. The van der Waals surface area contributed by atoms with Crippen molar-refractivity contribution in [1.82, 2.24) is 9.44 Å². The first kappa shape index (κ1) is 16.8. The maximum atomic E-state index is 11.8. The summed E-state index contributed by atoms with van der Waals surface area (Å²) in [4.78, 5) is 0. The minimum Gasteiger partial charge on any atom is -0.218 e. The van der Waals surface area contributed by atoms with Crippen LogP contribution in [0.2, 0.25) is 0 Å². The van der Waals surface area contributed by atoms with Gasteiger partial charge >= 0.3 is 0 Å². The maximum absolute atomic E-state index is 11.8. The molecule has 0 aliphatic rings. The number of rotatable bonds is 6. The SMILES string of the molecule is CNS(=O)(=O)C(C)(C)CC(C)(C)S(=O)(=O)NC. The second-order valence-electron chi connectivity index (χ2n) is 5.11. The van der Waals surface area contributed by atoms with E-state index >= 15 is 0 Å². The van der Waals surface area contributed by atoms with Gasteiger partial charge in [0.15, 0.2) is 0 Å². The number of hydrogen-bond donors (Lipinski definition) is 2. The van der Waals surface area contributed by atoms with Gasteiger partial charge in [-0.2, -0.15) is 0 Å². The first-order valence-corrected chi connectivity index (χ1v) is 8.16. The first-order chi connectivity index (χ1) is 7.33. The summed E-state index contributed by atoms with van der Waals surface area (Å²) in [5, 5.41) is 0. The van der Waals surface area contributed by atoms with Crippen molar-refractivity contribution in [1.29, 1.82) is 0 Å². The molecule has 0 bridgehead atoms. The van der Waals surface area contributed by atoms with Crippen molar-refractivity contribution in [3.05, 3.63) is 0 Å². The van der Waals surface area contributed by atoms with Gasteiger partial charge < -0.3 is 0 Å². The van der Waals surface area contributed by atoms with Crippen molar-refractivity contribution in [2.24, 2.45) is 0 Å². The minimum absolute atomic E-state index is 0.00759. The third-order valence-corrected chi connectivity index (χ3v) is 7.12. The fourth-order valence-corrected chi connectivity index (χ4v) is 4.07. The van der Waals surface area contributed by atoms with Crippen molar-refractivity contribution in [3.8, 4) is 0 Å². The molecule has 0 heterocycles. The van der Waals surface area contributed by atoms with Gasteiger partial charge in [0.2, 0.25) is 20.0 Å². The van der Waals surface area contributed by atoms with Crippen LogP contribution in [0, 0.1) is 0 Å². The van der Waals surface area contributed by atoms with Crippen molar-refractivity contribution in [2.75, 3.05) is 14.1 Å². The van der Waals surface area contributed by atoms with Crippen molar-refractivity contribution < 1.29 is 16.8 Å². The third kappa shape index (κ3) is 3.40. The highest BCUT2D eigenvalue weighted by molar-refractivity contribution is 7.91. The van der Waals surface area contributed by atoms with Gasteiger partial charge in [-0.25, -0.2) is 26.3 Å². The van der Waals surface area contributed by atoms with E-state index in [0.717, 1.165) is 0 Å². The first-order valence-electron chi connectivity index (χ1n) is 5.19. The molecule has 0 saturated heterocycles. The Balaban J connectivity index is 5.37. The predicted molar refractivity (Wildman–Crippen MR) is 68.7 cm³/mol. The van der Waals surface area contributed by atoms with Crippen molar-refractivity contribution in [2.45, 2.75) is 43.6 Å². The van der Waals surface area contributed by atoms with Gasteiger partial charge in [-0.15, -0.1) is 0 Å². The van der Waals surface area contributed by atoms with Crippen LogP contribution in [0.15, 0.2) is 0 Å². The molecule has 0 fully saturated rings. The summed E-state index contributed by atoms with van der Waals surface area (Å²) in [5.41, 5.74) is 0. The minimum atomic E-state index is -3.54. The maximum Gasteiger partial charge on any atom is 0.216 e. The van der Waals surface area contributed by atoms with E-state index in [4.69, 9.17) is 0 Å². The molecule has 0 spiro atoms. The smallest absolute Gasteiger partial charge is 0.216 e. The lowest BCUT2D eigenvalue weighted by molar-refractivity contribution is 0.454. The molecule has 6 nitrogen and oxygen atoms in total. The second-order valence-corrected chi connectivity index (χ2v) is 10.2. The van der Waals surface area contributed by atoms with Crippen LogP contribution in [0.5, 0.6) is 0 Å². The van der Waals surface area contributed by atoms with Crippen LogP contribution in [0.4, 0.5) is 0 Å². The lowest BCUT2D eigenvalue weighted by Gasteiger charge is -2.33. The van der Waals surface area contributed by atoms with Gasteiger partial charge in [0.05, 0.1) is 9.49 Å². The Bertz CT molecular complexity index is 419. The molecule has 0 radical (unpaired) electrons. The van der Waals surface area contributed by atoms with E-state index in [1.54, 1.807) is 0 Å². The summed E-state index contributed by atoms with van der Waals surface area (Å²) < 4.78 is 49.3. The van der Waals surface area contributed by atoms with Crippen LogP contribution in [0.25, 0.3) is 0 Å². The molecule has 0 atom stereocenters. The Kier molecular flexibility index (Phi) is 4.78. The summed E-state index contributed by atoms with van der Waals surface area (Å²) >= 11 is 0. The summed E-state index contributed by atoms with van der Waals surface area (Å²) in [6.07, 6.45) is -0.00759. The van der Waals surface area contributed by atoms with E-state index in [1.807, 2.05) is 0 Å². The standard InChI is InChI=1S/C9H22N2O4S2/c1-8(2,16(12,13)10-5)7-9(3,4)17(14,15)11-6/h10-11H,7H2,1-6H3. The Hall–Kier alpha value is -0.180. The number of nitrogens with one attached hydrogen (secondary N) is 2. The zero-order valence-corrected chi connectivity index (χ0v) is 12.8. The highest BCUT2D eigenvalue weighted by Crippen LogP contribution is 2.31. The van der Waals surface area contributed by atoms with E-state index in [-0.39, 0.29) is 6.42 Å². The summed E-state index contributed by atoms with van der Waals surface area (Å²) in [7, 11) is -4.45. The number of sulfonamides is 2. The third-order valence-electron chi connectivity index (χ3n) is 2.84. The second kappa shape index (κ2) is 4.83. The highest BCUT2D eigenvalue weighted by Gasteiger charge is 2.44. The zero-order valence-electron chi connectivity index (χ0n) is 11.2. The van der Waals surface area contributed by atoms with E-state index in [2.05, 4.69) is 9.44 Å². The normalized spacial score (nSPS) is 14.9. The van der Waals surface area contributed by atoms with Gasteiger partial charge in [-0.3, -0.25) is 0 Å². The van der Waals surface area contributed by atoms with E-state index < -0.39 is 29.5 Å². The van der Waals surface area contributed by atoms with E-state index in [9.17, 15) is 16.8 Å². The molecular weight excluding hydrogens is 264 g/mol. The van der Waals surface area contributed by atoms with Gasteiger partial charge in [0, 0.05) is 0 Å². The molecule has 104 valence electrons. The van der Waals surface area contributed by atoms with Gasteiger partial charge in [0.1, 0.15) is 0 Å². The molecule has 0 amide bonds. The quantitative estimate of drug-likeness (QED) is 0.720. The molecule has 0 saturated carbocycles. The fourth-order valence-electron chi connectivity index (χ4n) is 1.77. The molecule has 17 heavy (non-hydrogen) atoms. The molecule has 0 aliphatic carbocycles. The Morgan fingerprint density at radius 2 is 1.00 bits per heavy atom. The average molecular weight is 286 g/mol. The van der Waals surface area contributed by atoms with E-state index in [1.165, 1.54) is 41.8 Å². The molecule has 0 aromatic heterocycles. The van der Waals surface area contributed by atoms with E-state index in [0.29, 0.717) is 0 Å². The Labute approximate surface area is 104 Å². The largest absolute Gasteiger partial charge is 0.218 e. The average Bonchev–Trinajstić information content (AvgIpc) is 2.15. The summed E-state index contributed by atoms with van der Waals surface area (Å²) in [6.45, 7) is 6.02. The van der Waals surface area contributed by atoms with Crippen molar-refractivity contribution in [3.63, 3.8) is 0 Å². The number of hydrogen-bond acceptors (Lipinski definition) is 4. The highest BCUT2D eigenvalue weighted by atomic mass is 32.2. The lowest BCUT2D eigenvalue weighted by Crippen LogP contribution is -2.49. The van der Waals surface area contributed by atoms with Crippen LogP contribution in [-0.2, 0) is 20.0 Å². The Morgan fingerprint density at radius 1 is 0.765 bits per heavy atom. The molecule has 2 N–H and O–H groups in total. The van der Waals surface area contributed by atoms with Gasteiger partial charge in [-0.05, 0) is 48.2 Å².